The zero-order valence-electron chi connectivity index (χ0n) is 12.8. The van der Waals surface area contributed by atoms with E-state index in [1.165, 1.54) is 7.11 Å². The predicted octanol–water partition coefficient (Wildman–Crippen LogP) is 3.21. The van der Waals surface area contributed by atoms with Crippen LogP contribution in [0.2, 0.25) is 5.02 Å². The fourth-order valence-electron chi connectivity index (χ4n) is 1.95. The molecule has 6 nitrogen and oxygen atoms in total. The second kappa shape index (κ2) is 7.09. The third-order valence-electron chi connectivity index (χ3n) is 2.82. The topological polar surface area (TPSA) is 68.6 Å². The largest absolute Gasteiger partial charge is 0.493 e. The first-order chi connectivity index (χ1) is 10.5. The van der Waals surface area contributed by atoms with Crippen LogP contribution in [0.5, 0.6) is 11.5 Å². The highest BCUT2D eigenvalue weighted by Gasteiger charge is 2.09. The van der Waals surface area contributed by atoms with Gasteiger partial charge in [0, 0.05) is 11.4 Å². The number of aromatic nitrogens is 2. The summed E-state index contributed by atoms with van der Waals surface area (Å²) in [4.78, 5) is 8.47. The lowest BCUT2D eigenvalue weighted by Gasteiger charge is -2.09. The SMILES string of the molecule is COc1cc(/C=N/Nc2nc(C)cc(C)n2)cc(Cl)c1OC. The first-order valence-corrected chi connectivity index (χ1v) is 6.94. The van der Waals surface area contributed by atoms with Crippen LogP contribution in [0, 0.1) is 13.8 Å². The van der Waals surface area contributed by atoms with E-state index in [0.29, 0.717) is 22.5 Å². The molecule has 0 amide bonds. The van der Waals surface area contributed by atoms with Crippen molar-refractivity contribution in [1.82, 2.24) is 9.97 Å². The Bertz CT molecular complexity index is 684. The van der Waals surface area contributed by atoms with Gasteiger partial charge in [0.25, 0.3) is 0 Å². The molecule has 0 fully saturated rings. The summed E-state index contributed by atoms with van der Waals surface area (Å²) in [6, 6.07) is 5.40. The molecule has 0 aliphatic carbocycles. The standard InChI is InChI=1S/C15H17ClN4O2/c1-9-5-10(2)19-15(18-9)20-17-8-11-6-12(16)14(22-4)13(7-11)21-3/h5-8H,1-4H3,(H,18,19,20)/b17-8+. The average Bonchev–Trinajstić information content (AvgIpc) is 2.45. The predicted molar refractivity (Wildman–Crippen MR) is 87.3 cm³/mol. The Labute approximate surface area is 134 Å². The fourth-order valence-corrected chi connectivity index (χ4v) is 2.25. The van der Waals surface area contributed by atoms with E-state index in [1.807, 2.05) is 19.9 Å². The molecule has 1 heterocycles. The van der Waals surface area contributed by atoms with Crippen molar-refractivity contribution in [1.29, 1.82) is 0 Å². The summed E-state index contributed by atoms with van der Waals surface area (Å²) < 4.78 is 10.4. The van der Waals surface area contributed by atoms with Crippen molar-refractivity contribution in [3.05, 3.63) is 40.2 Å². The first-order valence-electron chi connectivity index (χ1n) is 6.56. The van der Waals surface area contributed by atoms with E-state index in [0.717, 1.165) is 17.0 Å². The van der Waals surface area contributed by atoms with E-state index in [1.54, 1.807) is 25.5 Å². The Morgan fingerprint density at radius 2 is 1.77 bits per heavy atom. The molecule has 1 aromatic carbocycles. The number of anilines is 1. The van der Waals surface area contributed by atoms with Crippen molar-refractivity contribution in [2.45, 2.75) is 13.8 Å². The smallest absolute Gasteiger partial charge is 0.243 e. The number of rotatable bonds is 5. The van der Waals surface area contributed by atoms with Crippen molar-refractivity contribution in [3.63, 3.8) is 0 Å². The molecule has 2 aromatic rings. The number of benzene rings is 1. The number of hydrogen-bond donors (Lipinski definition) is 1. The minimum atomic E-state index is 0.445. The van der Waals surface area contributed by atoms with E-state index < -0.39 is 0 Å². The van der Waals surface area contributed by atoms with Gasteiger partial charge in [-0.25, -0.2) is 15.4 Å². The molecule has 2 rings (SSSR count). The van der Waals surface area contributed by atoms with Gasteiger partial charge in [-0.3, -0.25) is 0 Å². The quantitative estimate of drug-likeness (QED) is 0.676. The Hall–Kier alpha value is -2.34. The van der Waals surface area contributed by atoms with Crippen LogP contribution in [0.15, 0.2) is 23.3 Å². The Balaban J connectivity index is 2.18. The van der Waals surface area contributed by atoms with Gasteiger partial charge in [0.1, 0.15) is 0 Å². The van der Waals surface area contributed by atoms with Gasteiger partial charge in [0.2, 0.25) is 5.95 Å². The van der Waals surface area contributed by atoms with E-state index in [-0.39, 0.29) is 0 Å². The minimum absolute atomic E-state index is 0.445. The van der Waals surface area contributed by atoms with Gasteiger partial charge in [0.15, 0.2) is 11.5 Å². The van der Waals surface area contributed by atoms with E-state index in [2.05, 4.69) is 20.5 Å². The summed E-state index contributed by atoms with van der Waals surface area (Å²) in [5.74, 6) is 1.48. The molecule has 0 bridgehead atoms. The van der Waals surface area contributed by atoms with Crippen LogP contribution < -0.4 is 14.9 Å². The molecule has 0 radical (unpaired) electrons. The summed E-state index contributed by atoms with van der Waals surface area (Å²) in [5.41, 5.74) is 5.30. The molecule has 116 valence electrons. The molecule has 0 atom stereocenters. The Kier molecular flexibility index (Phi) is 5.16. The van der Waals surface area contributed by atoms with Crippen molar-refractivity contribution >= 4 is 23.8 Å². The normalized spacial score (nSPS) is 10.8. The van der Waals surface area contributed by atoms with Gasteiger partial charge in [-0.15, -0.1) is 0 Å². The Morgan fingerprint density at radius 1 is 1.09 bits per heavy atom. The molecule has 1 N–H and O–H groups in total. The van der Waals surface area contributed by atoms with E-state index in [9.17, 15) is 0 Å². The monoisotopic (exact) mass is 320 g/mol. The van der Waals surface area contributed by atoms with Crippen LogP contribution in [-0.4, -0.2) is 30.4 Å². The zero-order valence-corrected chi connectivity index (χ0v) is 13.6. The molecule has 0 saturated heterocycles. The third-order valence-corrected chi connectivity index (χ3v) is 3.10. The highest BCUT2D eigenvalue weighted by atomic mass is 35.5. The molecule has 0 aliphatic heterocycles. The number of aryl methyl sites for hydroxylation is 2. The third kappa shape index (κ3) is 3.85. The highest BCUT2D eigenvalue weighted by molar-refractivity contribution is 6.32. The number of methoxy groups -OCH3 is 2. The number of halogens is 1. The molecule has 22 heavy (non-hydrogen) atoms. The van der Waals surface area contributed by atoms with Crippen LogP contribution >= 0.6 is 11.6 Å². The molecular formula is C15H17ClN4O2. The lowest BCUT2D eigenvalue weighted by atomic mass is 10.2. The number of nitrogens with zero attached hydrogens (tertiary/aromatic N) is 3. The maximum atomic E-state index is 6.14. The summed E-state index contributed by atoms with van der Waals surface area (Å²) in [5, 5.41) is 4.56. The lowest BCUT2D eigenvalue weighted by molar-refractivity contribution is 0.355. The molecule has 0 spiro atoms. The fraction of sp³-hybridized carbons (Fsp3) is 0.267. The number of nitrogens with one attached hydrogen (secondary N) is 1. The summed E-state index contributed by atoms with van der Waals surface area (Å²) in [6.07, 6.45) is 1.61. The number of ether oxygens (including phenoxy) is 2. The van der Waals surface area contributed by atoms with Crippen molar-refractivity contribution in [3.8, 4) is 11.5 Å². The van der Waals surface area contributed by atoms with E-state index in [4.69, 9.17) is 21.1 Å². The highest BCUT2D eigenvalue weighted by Crippen LogP contribution is 2.35. The first kappa shape index (κ1) is 16.0. The van der Waals surface area contributed by atoms with Crippen LogP contribution in [0.25, 0.3) is 0 Å². The Morgan fingerprint density at radius 3 is 2.36 bits per heavy atom. The minimum Gasteiger partial charge on any atom is -0.493 e. The lowest BCUT2D eigenvalue weighted by Crippen LogP contribution is -2.00. The second-order valence-electron chi connectivity index (χ2n) is 4.58. The van der Waals surface area contributed by atoms with Gasteiger partial charge < -0.3 is 9.47 Å². The molecule has 0 saturated carbocycles. The number of hydrogen-bond acceptors (Lipinski definition) is 6. The van der Waals surface area contributed by atoms with Crippen LogP contribution in [0.3, 0.4) is 0 Å². The molecule has 0 aliphatic rings. The van der Waals surface area contributed by atoms with E-state index >= 15 is 0 Å². The maximum absolute atomic E-state index is 6.14. The molecule has 1 aromatic heterocycles. The van der Waals surface area contributed by atoms with Gasteiger partial charge >= 0.3 is 0 Å². The summed E-state index contributed by atoms with van der Waals surface area (Å²) >= 11 is 6.14. The second-order valence-corrected chi connectivity index (χ2v) is 4.99. The molecular weight excluding hydrogens is 304 g/mol. The average molecular weight is 321 g/mol. The summed E-state index contributed by atoms with van der Waals surface area (Å²) in [7, 11) is 3.09. The van der Waals surface area contributed by atoms with Crippen LogP contribution in [0.4, 0.5) is 5.95 Å². The van der Waals surface area contributed by atoms with Crippen LogP contribution in [-0.2, 0) is 0 Å². The number of hydrazone groups is 1. The van der Waals surface area contributed by atoms with Gasteiger partial charge in [0.05, 0.1) is 25.5 Å². The molecule has 7 heteroatoms. The van der Waals surface area contributed by atoms with Gasteiger partial charge in [-0.05, 0) is 37.6 Å². The zero-order chi connectivity index (χ0) is 16.1. The van der Waals surface area contributed by atoms with Crippen molar-refractivity contribution < 1.29 is 9.47 Å². The van der Waals surface area contributed by atoms with Crippen molar-refractivity contribution in [2.24, 2.45) is 5.10 Å². The van der Waals surface area contributed by atoms with Crippen LogP contribution in [0.1, 0.15) is 17.0 Å². The van der Waals surface area contributed by atoms with Gasteiger partial charge in [-0.1, -0.05) is 11.6 Å². The maximum Gasteiger partial charge on any atom is 0.243 e. The summed E-state index contributed by atoms with van der Waals surface area (Å²) in [6.45, 7) is 3.80. The van der Waals surface area contributed by atoms with Gasteiger partial charge in [-0.2, -0.15) is 5.10 Å². The van der Waals surface area contributed by atoms with Crippen molar-refractivity contribution in [2.75, 3.05) is 19.6 Å². The molecule has 0 unspecified atom stereocenters.